The van der Waals surface area contributed by atoms with Gasteiger partial charge in [0.2, 0.25) is 0 Å². The van der Waals surface area contributed by atoms with Crippen molar-refractivity contribution in [2.24, 2.45) is 5.41 Å². The number of thioether (sulfide) groups is 1. The predicted molar refractivity (Wildman–Crippen MR) is 120 cm³/mol. The van der Waals surface area contributed by atoms with Gasteiger partial charge in [-0.25, -0.2) is 9.59 Å². The largest absolute Gasteiger partial charge is 0.478 e. The molecule has 0 bridgehead atoms. The molecule has 0 saturated carbocycles. The lowest BCUT2D eigenvalue weighted by Crippen LogP contribution is -2.43. The van der Waals surface area contributed by atoms with Crippen molar-refractivity contribution >= 4 is 41.3 Å². The average Bonchev–Trinajstić information content (AvgIpc) is 2.69. The second kappa shape index (κ2) is 11.0. The molecule has 2 rings (SSSR count). The number of halogens is 1. The number of rotatable bonds is 7. The van der Waals surface area contributed by atoms with Crippen molar-refractivity contribution < 1.29 is 29.0 Å². The maximum absolute atomic E-state index is 12.6. The number of carbonyl (C=O) groups is 3. The van der Waals surface area contributed by atoms with Gasteiger partial charge >= 0.3 is 17.9 Å². The number of methoxy groups -OCH3 is 1. The van der Waals surface area contributed by atoms with Gasteiger partial charge in [-0.2, -0.15) is 0 Å². The molecule has 1 aromatic carbocycles. The Morgan fingerprint density at radius 3 is 2.58 bits per heavy atom. The summed E-state index contributed by atoms with van der Waals surface area (Å²) in [6, 6.07) is 6.28. The van der Waals surface area contributed by atoms with E-state index >= 15 is 0 Å². The van der Waals surface area contributed by atoms with E-state index in [0.29, 0.717) is 29.1 Å². The third kappa shape index (κ3) is 6.98. The van der Waals surface area contributed by atoms with Gasteiger partial charge in [0.1, 0.15) is 12.0 Å². The third-order valence-corrected chi connectivity index (χ3v) is 6.39. The molecule has 0 spiro atoms. The fourth-order valence-corrected chi connectivity index (χ4v) is 4.47. The summed E-state index contributed by atoms with van der Waals surface area (Å²) in [5.41, 5.74) is 0.638. The van der Waals surface area contributed by atoms with Crippen LogP contribution >= 0.6 is 23.4 Å². The van der Waals surface area contributed by atoms with Gasteiger partial charge in [0.15, 0.2) is 0 Å². The summed E-state index contributed by atoms with van der Waals surface area (Å²) in [4.78, 5) is 37.9. The van der Waals surface area contributed by atoms with Gasteiger partial charge in [-0.15, -0.1) is 11.8 Å². The summed E-state index contributed by atoms with van der Waals surface area (Å²) in [5.74, 6) is -1.72. The summed E-state index contributed by atoms with van der Waals surface area (Å²) in [6.07, 6.45) is 1.74. The molecule has 1 aliphatic rings. The number of carboxylic acid groups (broad SMARTS) is 1. The molecule has 170 valence electrons. The van der Waals surface area contributed by atoms with Crippen LogP contribution in [-0.2, 0) is 23.9 Å². The zero-order valence-electron chi connectivity index (χ0n) is 18.1. The van der Waals surface area contributed by atoms with Gasteiger partial charge in [-0.05, 0) is 44.4 Å². The molecule has 1 N–H and O–H groups in total. The summed E-state index contributed by atoms with van der Waals surface area (Å²) in [7, 11) is 1.31. The highest BCUT2D eigenvalue weighted by Gasteiger charge is 2.35. The molecule has 0 amide bonds. The van der Waals surface area contributed by atoms with Crippen molar-refractivity contribution in [1.82, 2.24) is 4.90 Å². The lowest BCUT2D eigenvalue weighted by Gasteiger charge is -2.38. The summed E-state index contributed by atoms with van der Waals surface area (Å²) >= 11 is 7.70. The number of hydrogen-bond acceptors (Lipinski definition) is 7. The monoisotopic (exact) mass is 469 g/mol. The van der Waals surface area contributed by atoms with Crippen LogP contribution in [0, 0.1) is 5.41 Å². The van der Waals surface area contributed by atoms with E-state index in [1.54, 1.807) is 45.0 Å². The van der Waals surface area contributed by atoms with Gasteiger partial charge in [0, 0.05) is 29.4 Å². The van der Waals surface area contributed by atoms with E-state index in [1.807, 2.05) is 4.90 Å². The van der Waals surface area contributed by atoms with Gasteiger partial charge in [0.25, 0.3) is 0 Å². The van der Waals surface area contributed by atoms with Gasteiger partial charge in [-0.1, -0.05) is 29.8 Å². The standard InChI is InChI=1S/C22H28ClNO6S/c1-22(2,3)21(28)30-13-31-17-9-10-24(12-14(17)11-18(25)26)19(20(27)29-4)15-7-5-6-8-16(15)23/h5-8,11,17,19H,9-10,12-13H2,1-4H3,(H,25,26)/b14-11+/t17?,19-/m0/s1. The molecule has 7 nitrogen and oxygen atoms in total. The van der Waals surface area contributed by atoms with Crippen molar-refractivity contribution in [1.29, 1.82) is 0 Å². The van der Waals surface area contributed by atoms with E-state index in [-0.39, 0.29) is 23.7 Å². The maximum atomic E-state index is 12.6. The van der Waals surface area contributed by atoms with E-state index in [9.17, 15) is 19.5 Å². The molecule has 0 aliphatic carbocycles. The maximum Gasteiger partial charge on any atom is 0.328 e. The number of aliphatic carboxylic acids is 1. The number of carbonyl (C=O) groups excluding carboxylic acids is 2. The van der Waals surface area contributed by atoms with Crippen LogP contribution < -0.4 is 0 Å². The zero-order valence-corrected chi connectivity index (χ0v) is 19.7. The highest BCUT2D eigenvalue weighted by Crippen LogP contribution is 2.35. The Bertz CT molecular complexity index is 851. The molecule has 1 fully saturated rings. The first kappa shape index (κ1) is 25.2. The zero-order chi connectivity index (χ0) is 23.2. The molecular weight excluding hydrogens is 442 g/mol. The fourth-order valence-electron chi connectivity index (χ4n) is 3.26. The Hall–Kier alpha value is -2.03. The smallest absolute Gasteiger partial charge is 0.328 e. The lowest BCUT2D eigenvalue weighted by molar-refractivity contribution is -0.150. The number of hydrogen-bond donors (Lipinski definition) is 1. The Morgan fingerprint density at radius 2 is 2.00 bits per heavy atom. The summed E-state index contributed by atoms with van der Waals surface area (Å²) < 4.78 is 10.3. The van der Waals surface area contributed by atoms with Gasteiger partial charge in [-0.3, -0.25) is 9.69 Å². The normalized spacial score (nSPS) is 19.6. The Morgan fingerprint density at radius 1 is 1.32 bits per heavy atom. The van der Waals surface area contributed by atoms with E-state index in [0.717, 1.165) is 6.08 Å². The van der Waals surface area contributed by atoms with Gasteiger partial charge in [0.05, 0.1) is 12.5 Å². The molecule has 1 heterocycles. The minimum Gasteiger partial charge on any atom is -0.478 e. The Kier molecular flexibility index (Phi) is 8.97. The average molecular weight is 470 g/mol. The van der Waals surface area contributed by atoms with Crippen LogP contribution in [0.4, 0.5) is 0 Å². The first-order valence-electron chi connectivity index (χ1n) is 9.83. The number of carboxylic acids is 1. The first-order chi connectivity index (χ1) is 14.5. The van der Waals surface area contributed by atoms with Crippen LogP contribution in [0.25, 0.3) is 0 Å². The van der Waals surface area contributed by atoms with Crippen molar-refractivity contribution in [3.05, 3.63) is 46.5 Å². The van der Waals surface area contributed by atoms with E-state index in [1.165, 1.54) is 18.9 Å². The molecule has 0 radical (unpaired) electrons. The van der Waals surface area contributed by atoms with Gasteiger partial charge < -0.3 is 14.6 Å². The van der Waals surface area contributed by atoms with Crippen molar-refractivity contribution in [3.8, 4) is 0 Å². The second-order valence-electron chi connectivity index (χ2n) is 8.22. The van der Waals surface area contributed by atoms with Crippen molar-refractivity contribution in [2.45, 2.75) is 38.5 Å². The summed E-state index contributed by atoms with van der Waals surface area (Å²) in [6.45, 7) is 6.09. The minimum atomic E-state index is -1.07. The number of likely N-dealkylation sites (tertiary alicyclic amines) is 1. The molecule has 31 heavy (non-hydrogen) atoms. The van der Waals surface area contributed by atoms with Crippen molar-refractivity contribution in [3.63, 3.8) is 0 Å². The Balaban J connectivity index is 2.19. The fraction of sp³-hybridized carbons (Fsp3) is 0.500. The van der Waals surface area contributed by atoms with Crippen LogP contribution in [0.3, 0.4) is 0 Å². The molecule has 0 aromatic heterocycles. The molecule has 1 aliphatic heterocycles. The number of piperidine rings is 1. The van der Waals surface area contributed by atoms with Crippen LogP contribution in [0.2, 0.25) is 5.02 Å². The number of benzene rings is 1. The highest BCUT2D eigenvalue weighted by atomic mass is 35.5. The SMILES string of the molecule is COC(=O)[C@H](c1ccccc1Cl)N1CCC(SCOC(=O)C(C)(C)C)/C(=C/C(=O)O)C1. The van der Waals surface area contributed by atoms with Crippen LogP contribution in [-0.4, -0.2) is 59.3 Å². The van der Waals surface area contributed by atoms with E-state index in [2.05, 4.69) is 0 Å². The molecule has 1 unspecified atom stereocenters. The quantitative estimate of drug-likeness (QED) is 0.365. The van der Waals surface area contributed by atoms with Crippen LogP contribution in [0.1, 0.15) is 38.8 Å². The molecular formula is C22H28ClNO6S. The number of nitrogens with zero attached hydrogens (tertiary/aromatic N) is 1. The highest BCUT2D eigenvalue weighted by molar-refractivity contribution is 7.99. The third-order valence-electron chi connectivity index (χ3n) is 4.85. The van der Waals surface area contributed by atoms with Crippen LogP contribution in [0.15, 0.2) is 35.9 Å². The molecule has 1 aromatic rings. The van der Waals surface area contributed by atoms with E-state index in [4.69, 9.17) is 21.1 Å². The summed E-state index contributed by atoms with van der Waals surface area (Å²) in [5, 5.41) is 9.63. The predicted octanol–water partition coefficient (Wildman–Crippen LogP) is 3.92. The number of esters is 2. The second-order valence-corrected chi connectivity index (χ2v) is 9.76. The molecule has 9 heteroatoms. The topological polar surface area (TPSA) is 93.1 Å². The number of ether oxygens (including phenoxy) is 2. The first-order valence-corrected chi connectivity index (χ1v) is 11.3. The van der Waals surface area contributed by atoms with Crippen molar-refractivity contribution in [2.75, 3.05) is 26.1 Å². The van der Waals surface area contributed by atoms with E-state index < -0.39 is 23.4 Å². The minimum absolute atomic E-state index is 0.128. The lowest BCUT2D eigenvalue weighted by atomic mass is 9.98. The molecule has 1 saturated heterocycles. The Labute approximate surface area is 191 Å². The van der Waals surface area contributed by atoms with Crippen LogP contribution in [0.5, 0.6) is 0 Å². The molecule has 2 atom stereocenters.